The van der Waals surface area contributed by atoms with Gasteiger partial charge < -0.3 is 35.6 Å². The van der Waals surface area contributed by atoms with E-state index in [1.54, 1.807) is 30.4 Å². The van der Waals surface area contributed by atoms with E-state index >= 15 is 0 Å². The van der Waals surface area contributed by atoms with Crippen molar-refractivity contribution < 1.29 is 40.8 Å². The van der Waals surface area contributed by atoms with Gasteiger partial charge in [0, 0.05) is 74.9 Å². The van der Waals surface area contributed by atoms with Gasteiger partial charge in [-0.1, -0.05) is 18.9 Å². The lowest BCUT2D eigenvalue weighted by Gasteiger charge is -2.45. The smallest absolute Gasteiger partial charge is 0.358 e. The number of halogens is 3. The second-order valence-electron chi connectivity index (χ2n) is 21.3. The van der Waals surface area contributed by atoms with Crippen LogP contribution in [-0.4, -0.2) is 155 Å². The second kappa shape index (κ2) is 23.7. The number of likely N-dealkylation sites (tertiary alicyclic amines) is 3. The van der Waals surface area contributed by atoms with Gasteiger partial charge in [0.05, 0.1) is 40.4 Å². The highest BCUT2D eigenvalue weighted by Crippen LogP contribution is 2.38. The first-order valence-electron chi connectivity index (χ1n) is 26.5. The molecule has 0 spiro atoms. The van der Waals surface area contributed by atoms with Crippen molar-refractivity contribution in [2.75, 3.05) is 52.1 Å². The van der Waals surface area contributed by atoms with Gasteiger partial charge in [0.15, 0.2) is 0 Å². The molecule has 2 aliphatic carbocycles. The number of unbranched alkanes of at least 4 members (excludes halogenated alkanes) is 3. The standard InChI is InChI=1S/C52H74F3N11O6S/c1-33(2)63(3)38-16-18-45(66-27-21-43(51(66)70)61-48-40-28-36(52(53,54)55)13-17-42(40)58-32-59-48)44(29-38)62-49(68)34-11-14-37(15-12-34)65-25-19-39(20-26-65)73(71,72)60-24-8-6-5-7-23-57-50(69)41-30-46(67)64(4)47(41)35-10-9-22-56-31-35/h9-10,13,17,22,28,31-34,37-39,41,43-45,47,60H,5-8,11-12,14-16,18-21,23-27,29-30H2,1-4H3,(H,57,69)(H,62,68)(H,58,59,61)/t34?,37?,38-,41+,43+,44-,45?,47-/m1/s1. The Bertz CT molecular complexity index is 2510. The van der Waals surface area contributed by atoms with E-state index in [9.17, 15) is 40.8 Å². The summed E-state index contributed by atoms with van der Waals surface area (Å²) < 4.78 is 70.4. The van der Waals surface area contributed by atoms with Gasteiger partial charge >= 0.3 is 6.18 Å². The minimum Gasteiger partial charge on any atom is -0.358 e. The predicted molar refractivity (Wildman–Crippen MR) is 271 cm³/mol. The molecule has 0 radical (unpaired) electrons. The van der Waals surface area contributed by atoms with Crippen LogP contribution >= 0.6 is 0 Å². The van der Waals surface area contributed by atoms with Gasteiger partial charge in [0.2, 0.25) is 33.7 Å². The average molecular weight is 1040 g/mol. The molecule has 2 aromatic heterocycles. The molecule has 5 fully saturated rings. The van der Waals surface area contributed by atoms with Crippen LogP contribution in [0, 0.1) is 11.8 Å². The molecular weight excluding hydrogens is 964 g/mol. The summed E-state index contributed by atoms with van der Waals surface area (Å²) in [6.07, 6.45) is 10.3. The number of nitrogens with one attached hydrogen (secondary N) is 4. The molecule has 6 atom stereocenters. The fourth-order valence-corrected chi connectivity index (χ4v) is 13.6. The van der Waals surface area contributed by atoms with Crippen LogP contribution in [0.15, 0.2) is 49.1 Å². The lowest BCUT2D eigenvalue weighted by Crippen LogP contribution is -2.59. The number of nitrogens with zero attached hydrogens (tertiary/aromatic N) is 7. The van der Waals surface area contributed by atoms with Crippen LogP contribution in [0.25, 0.3) is 10.9 Å². The molecular formula is C52H74F3N11O6S. The first-order valence-corrected chi connectivity index (χ1v) is 28.0. The molecule has 4 N–H and O–H groups in total. The normalized spacial score (nSPS) is 26.8. The number of piperidine rings is 1. The second-order valence-corrected chi connectivity index (χ2v) is 23.4. The molecule has 400 valence electrons. The number of hydrogen-bond donors (Lipinski definition) is 4. The predicted octanol–water partition coefficient (Wildman–Crippen LogP) is 5.64. The van der Waals surface area contributed by atoms with Gasteiger partial charge in [-0.2, -0.15) is 13.2 Å². The fraction of sp³-hybridized carbons (Fsp3) is 0.673. The van der Waals surface area contributed by atoms with E-state index in [1.165, 1.54) is 12.4 Å². The Hall–Kier alpha value is -4.99. The lowest BCUT2D eigenvalue weighted by atomic mass is 9.82. The maximum absolute atomic E-state index is 14.1. The van der Waals surface area contributed by atoms with E-state index < -0.39 is 39.0 Å². The molecule has 4 amide bonds. The van der Waals surface area contributed by atoms with Crippen molar-refractivity contribution in [2.24, 2.45) is 11.8 Å². The quantitative estimate of drug-likeness (QED) is 0.108. The highest BCUT2D eigenvalue weighted by atomic mass is 32.2. The van der Waals surface area contributed by atoms with Gasteiger partial charge in [-0.15, -0.1) is 0 Å². The van der Waals surface area contributed by atoms with Crippen LogP contribution < -0.4 is 20.7 Å². The number of aromatic nitrogens is 3. The lowest BCUT2D eigenvalue weighted by molar-refractivity contribution is -0.137. The Kier molecular flexibility index (Phi) is 17.6. The molecule has 5 aliphatic rings. The van der Waals surface area contributed by atoms with E-state index in [0.29, 0.717) is 82.8 Å². The molecule has 2 saturated carbocycles. The molecule has 17 nitrogen and oxygen atoms in total. The van der Waals surface area contributed by atoms with Crippen LogP contribution in [-0.2, 0) is 35.4 Å². The SMILES string of the molecule is CC(C)N(C)[C@@H]1CCC(N2CC[C@H](Nc3ncnc4ccc(C(F)(F)F)cc34)C2=O)[C@H](NC(=O)C2CCC(N3CCC(S(=O)(=O)NCCCCCCNC(=O)[C@H]4CC(=O)N(C)[C@@H]4c4cccnc4)CC3)CC2)C1. The number of amides is 4. The van der Waals surface area contributed by atoms with E-state index in [-0.39, 0.29) is 77.4 Å². The van der Waals surface area contributed by atoms with Gasteiger partial charge in [-0.25, -0.2) is 23.1 Å². The molecule has 21 heteroatoms. The Balaban J connectivity index is 0.755. The first-order chi connectivity index (χ1) is 34.9. The summed E-state index contributed by atoms with van der Waals surface area (Å²) in [6.45, 7) is 6.96. The summed E-state index contributed by atoms with van der Waals surface area (Å²) in [5.74, 6) is -0.849. The van der Waals surface area contributed by atoms with Crippen molar-refractivity contribution in [1.82, 2.24) is 49.9 Å². The minimum atomic E-state index is -4.55. The largest absolute Gasteiger partial charge is 0.416 e. The molecule has 5 heterocycles. The van der Waals surface area contributed by atoms with Crippen LogP contribution in [0.2, 0.25) is 0 Å². The minimum absolute atomic E-state index is 0.000187. The first kappa shape index (κ1) is 54.3. The summed E-state index contributed by atoms with van der Waals surface area (Å²) in [5.41, 5.74) is 0.353. The van der Waals surface area contributed by atoms with Crippen molar-refractivity contribution in [3.8, 4) is 0 Å². The maximum Gasteiger partial charge on any atom is 0.416 e. The molecule has 1 unspecified atom stereocenters. The highest BCUT2D eigenvalue weighted by Gasteiger charge is 2.45. The number of sulfonamides is 1. The Morgan fingerprint density at radius 2 is 1.63 bits per heavy atom. The summed E-state index contributed by atoms with van der Waals surface area (Å²) in [6, 6.07) is 6.22. The van der Waals surface area contributed by atoms with Crippen LogP contribution in [0.5, 0.6) is 0 Å². The third-order valence-corrected chi connectivity index (χ3v) is 18.5. The van der Waals surface area contributed by atoms with E-state index in [0.717, 1.165) is 69.1 Å². The van der Waals surface area contributed by atoms with Gasteiger partial charge in [0.1, 0.15) is 18.2 Å². The fourth-order valence-electron chi connectivity index (χ4n) is 12.1. The summed E-state index contributed by atoms with van der Waals surface area (Å²) in [4.78, 5) is 74.5. The monoisotopic (exact) mass is 1040 g/mol. The molecule has 8 rings (SSSR count). The van der Waals surface area contributed by atoms with Crippen molar-refractivity contribution in [1.29, 1.82) is 0 Å². The topological polar surface area (TPSA) is 202 Å². The van der Waals surface area contributed by atoms with Crippen molar-refractivity contribution in [3.63, 3.8) is 0 Å². The van der Waals surface area contributed by atoms with Crippen LogP contribution in [0.1, 0.15) is 127 Å². The van der Waals surface area contributed by atoms with E-state index in [2.05, 4.69) is 66.3 Å². The molecule has 3 saturated heterocycles. The summed E-state index contributed by atoms with van der Waals surface area (Å²) in [5, 5.41) is 9.30. The van der Waals surface area contributed by atoms with Gasteiger partial charge in [-0.3, -0.25) is 24.2 Å². The Labute approximate surface area is 427 Å². The number of rotatable bonds is 19. The Morgan fingerprint density at radius 1 is 0.890 bits per heavy atom. The number of carbonyl (C=O) groups excluding carboxylic acids is 4. The van der Waals surface area contributed by atoms with E-state index in [4.69, 9.17) is 0 Å². The van der Waals surface area contributed by atoms with Crippen molar-refractivity contribution >= 4 is 50.4 Å². The number of alkyl halides is 3. The average Bonchev–Trinajstić information content (AvgIpc) is 3.90. The third kappa shape index (κ3) is 12.9. The van der Waals surface area contributed by atoms with E-state index in [1.807, 2.05) is 11.0 Å². The van der Waals surface area contributed by atoms with Crippen LogP contribution in [0.4, 0.5) is 19.0 Å². The number of carbonyl (C=O) groups is 4. The molecule has 0 bridgehead atoms. The zero-order chi connectivity index (χ0) is 52.0. The number of fused-ring (bicyclic) bond motifs is 1. The summed E-state index contributed by atoms with van der Waals surface area (Å²) >= 11 is 0. The van der Waals surface area contributed by atoms with Crippen LogP contribution in [0.3, 0.4) is 0 Å². The number of pyridine rings is 1. The van der Waals surface area contributed by atoms with Crippen molar-refractivity contribution in [2.45, 2.75) is 164 Å². The Morgan fingerprint density at radius 3 is 2.33 bits per heavy atom. The van der Waals surface area contributed by atoms with Crippen molar-refractivity contribution in [3.05, 3.63) is 60.2 Å². The number of hydrogen-bond acceptors (Lipinski definition) is 12. The molecule has 3 aromatic rings. The zero-order valence-corrected chi connectivity index (χ0v) is 43.5. The number of benzene rings is 1. The molecule has 1 aromatic carbocycles. The maximum atomic E-state index is 14.1. The van der Waals surface area contributed by atoms with Gasteiger partial charge in [0.25, 0.3) is 0 Å². The third-order valence-electron chi connectivity index (χ3n) is 16.6. The zero-order valence-electron chi connectivity index (χ0n) is 42.7. The van der Waals surface area contributed by atoms with Gasteiger partial charge in [-0.05, 0) is 141 Å². The number of anilines is 1. The molecule has 73 heavy (non-hydrogen) atoms. The summed E-state index contributed by atoms with van der Waals surface area (Å²) in [7, 11) is 0.335. The highest BCUT2D eigenvalue weighted by molar-refractivity contribution is 7.90. The molecule has 3 aliphatic heterocycles.